The van der Waals surface area contributed by atoms with Gasteiger partial charge in [0.2, 0.25) is 0 Å². The van der Waals surface area contributed by atoms with Crippen LogP contribution >= 0.6 is 12.4 Å². The largest absolute Gasteiger partial charge is 0.347 e. The molecule has 5 nitrogen and oxygen atoms in total. The lowest BCUT2D eigenvalue weighted by atomic mass is 10.1. The van der Waals surface area contributed by atoms with E-state index in [0.29, 0.717) is 17.9 Å². The van der Waals surface area contributed by atoms with Crippen molar-refractivity contribution in [1.29, 1.82) is 0 Å². The fourth-order valence-electron chi connectivity index (χ4n) is 4.17. The Kier molecular flexibility index (Phi) is 5.58. The average Bonchev–Trinajstić information content (AvgIpc) is 3.44. The summed E-state index contributed by atoms with van der Waals surface area (Å²) in [6, 6.07) is 9.89. The summed E-state index contributed by atoms with van der Waals surface area (Å²) in [5.74, 6) is -2.08. The Morgan fingerprint density at radius 1 is 1.07 bits per heavy atom. The number of halogens is 3. The van der Waals surface area contributed by atoms with Crippen LogP contribution in [0.25, 0.3) is 5.69 Å². The molecule has 0 atom stereocenters. The molecule has 1 aliphatic carbocycles. The van der Waals surface area contributed by atoms with E-state index in [1.54, 1.807) is 4.68 Å². The lowest BCUT2D eigenvalue weighted by molar-refractivity contribution is 0.0944. The molecule has 0 bridgehead atoms. The third-order valence-electron chi connectivity index (χ3n) is 5.65. The van der Waals surface area contributed by atoms with Crippen molar-refractivity contribution < 1.29 is 13.6 Å². The minimum Gasteiger partial charge on any atom is -0.347 e. The van der Waals surface area contributed by atoms with Gasteiger partial charge in [0.1, 0.15) is 0 Å². The van der Waals surface area contributed by atoms with E-state index in [0.717, 1.165) is 61.3 Å². The van der Waals surface area contributed by atoms with E-state index in [1.807, 2.05) is 6.07 Å². The molecule has 2 aliphatic rings. The minimum absolute atomic E-state index is 0. The van der Waals surface area contributed by atoms with Gasteiger partial charge >= 0.3 is 0 Å². The highest BCUT2D eigenvalue weighted by Crippen LogP contribution is 2.28. The Morgan fingerprint density at radius 3 is 2.73 bits per heavy atom. The topological polar surface area (TPSA) is 59.0 Å². The van der Waals surface area contributed by atoms with Crippen molar-refractivity contribution >= 4 is 18.3 Å². The maximum absolute atomic E-state index is 13.7. The molecule has 0 fully saturated rings. The van der Waals surface area contributed by atoms with E-state index in [9.17, 15) is 13.6 Å². The predicted molar refractivity (Wildman–Crippen MR) is 111 cm³/mol. The molecule has 2 heterocycles. The highest BCUT2D eigenvalue weighted by Gasteiger charge is 2.27. The number of benzene rings is 2. The Hall–Kier alpha value is -2.77. The van der Waals surface area contributed by atoms with Crippen molar-refractivity contribution in [1.82, 2.24) is 20.4 Å². The standard InChI is InChI=1S/C22H20F2N4O.ClH/c23-18-7-6-16(9-19(18)24)28-20-3-1-2-17(20)21(27-28)22(29)26-10-13-4-5-14-11-25-12-15(14)8-13;/h4-9,25H,1-3,10-12H2,(H,26,29);1H. The Bertz CT molecular complexity index is 1130. The summed E-state index contributed by atoms with van der Waals surface area (Å²) in [4.78, 5) is 12.8. The Balaban J connectivity index is 0.00000218. The first-order valence-electron chi connectivity index (χ1n) is 9.76. The van der Waals surface area contributed by atoms with Gasteiger partial charge in [0.05, 0.1) is 5.69 Å². The lowest BCUT2D eigenvalue weighted by Crippen LogP contribution is -2.24. The van der Waals surface area contributed by atoms with Crippen LogP contribution in [-0.2, 0) is 32.5 Å². The van der Waals surface area contributed by atoms with Gasteiger partial charge in [-0.05, 0) is 48.1 Å². The number of hydrogen-bond acceptors (Lipinski definition) is 3. The van der Waals surface area contributed by atoms with Crippen molar-refractivity contribution in [3.8, 4) is 5.69 Å². The summed E-state index contributed by atoms with van der Waals surface area (Å²) in [7, 11) is 0. The van der Waals surface area contributed by atoms with E-state index in [-0.39, 0.29) is 18.3 Å². The van der Waals surface area contributed by atoms with Crippen LogP contribution in [-0.4, -0.2) is 15.7 Å². The fourth-order valence-corrected chi connectivity index (χ4v) is 4.17. The van der Waals surface area contributed by atoms with Crippen LogP contribution in [0.3, 0.4) is 0 Å². The monoisotopic (exact) mass is 430 g/mol. The molecule has 0 saturated carbocycles. The number of aromatic nitrogens is 2. The number of fused-ring (bicyclic) bond motifs is 2. The quantitative estimate of drug-likeness (QED) is 0.665. The van der Waals surface area contributed by atoms with E-state index < -0.39 is 11.6 Å². The first-order valence-corrected chi connectivity index (χ1v) is 9.76. The molecule has 1 aliphatic heterocycles. The lowest BCUT2D eigenvalue weighted by Gasteiger charge is -2.07. The van der Waals surface area contributed by atoms with Gasteiger partial charge in [-0.1, -0.05) is 18.2 Å². The van der Waals surface area contributed by atoms with Gasteiger partial charge in [-0.3, -0.25) is 4.79 Å². The van der Waals surface area contributed by atoms with E-state index >= 15 is 0 Å². The van der Waals surface area contributed by atoms with Crippen LogP contribution in [0.1, 0.15) is 44.9 Å². The highest BCUT2D eigenvalue weighted by molar-refractivity contribution is 5.94. The molecule has 2 aromatic carbocycles. The molecule has 156 valence electrons. The van der Waals surface area contributed by atoms with Crippen LogP contribution in [0.15, 0.2) is 36.4 Å². The van der Waals surface area contributed by atoms with Crippen molar-refractivity contribution in [2.75, 3.05) is 0 Å². The minimum atomic E-state index is -0.929. The molecular weight excluding hydrogens is 410 g/mol. The number of hydrogen-bond donors (Lipinski definition) is 2. The molecule has 8 heteroatoms. The van der Waals surface area contributed by atoms with Crippen LogP contribution in [0.4, 0.5) is 8.78 Å². The molecular formula is C22H21ClF2N4O. The SMILES string of the molecule is Cl.O=C(NCc1ccc2c(c1)CNC2)c1nn(-c2ccc(F)c(F)c2)c2c1CCC2. The highest BCUT2D eigenvalue weighted by atomic mass is 35.5. The number of carbonyl (C=O) groups is 1. The third-order valence-corrected chi connectivity index (χ3v) is 5.65. The number of nitrogens with zero attached hydrogens (tertiary/aromatic N) is 2. The molecule has 0 unspecified atom stereocenters. The molecule has 2 N–H and O–H groups in total. The molecule has 1 amide bonds. The summed E-state index contributed by atoms with van der Waals surface area (Å²) in [5, 5.41) is 10.7. The second kappa shape index (κ2) is 8.16. The second-order valence-corrected chi connectivity index (χ2v) is 7.53. The zero-order valence-corrected chi connectivity index (χ0v) is 17.0. The number of amides is 1. The van der Waals surface area contributed by atoms with E-state index in [4.69, 9.17) is 0 Å². The van der Waals surface area contributed by atoms with Crippen molar-refractivity contribution in [3.63, 3.8) is 0 Å². The second-order valence-electron chi connectivity index (χ2n) is 7.53. The molecule has 0 radical (unpaired) electrons. The molecule has 0 saturated heterocycles. The molecule has 5 rings (SSSR count). The van der Waals surface area contributed by atoms with Gasteiger partial charge in [0.25, 0.3) is 5.91 Å². The van der Waals surface area contributed by atoms with Crippen LogP contribution in [0.2, 0.25) is 0 Å². The molecule has 30 heavy (non-hydrogen) atoms. The number of rotatable bonds is 4. The van der Waals surface area contributed by atoms with Gasteiger partial charge in [-0.25, -0.2) is 13.5 Å². The third kappa shape index (κ3) is 3.59. The Labute approximate surface area is 178 Å². The zero-order chi connectivity index (χ0) is 20.0. The van der Waals surface area contributed by atoms with Gasteiger partial charge in [-0.2, -0.15) is 5.10 Å². The van der Waals surface area contributed by atoms with Gasteiger partial charge in [-0.15, -0.1) is 12.4 Å². The first kappa shape index (κ1) is 20.5. The summed E-state index contributed by atoms with van der Waals surface area (Å²) < 4.78 is 28.5. The maximum atomic E-state index is 13.7. The van der Waals surface area contributed by atoms with Crippen LogP contribution < -0.4 is 10.6 Å². The van der Waals surface area contributed by atoms with Crippen molar-refractivity contribution in [2.45, 2.75) is 38.9 Å². The summed E-state index contributed by atoms with van der Waals surface area (Å²) in [6.07, 6.45) is 2.42. The van der Waals surface area contributed by atoms with Crippen molar-refractivity contribution in [2.24, 2.45) is 0 Å². The zero-order valence-electron chi connectivity index (χ0n) is 16.2. The maximum Gasteiger partial charge on any atom is 0.272 e. The average molecular weight is 431 g/mol. The fraction of sp³-hybridized carbons (Fsp3) is 0.273. The normalized spacial score (nSPS) is 14.2. The van der Waals surface area contributed by atoms with Crippen LogP contribution in [0.5, 0.6) is 0 Å². The molecule has 0 spiro atoms. The molecule has 3 aromatic rings. The summed E-state index contributed by atoms with van der Waals surface area (Å²) in [5.41, 5.74) is 6.17. The van der Waals surface area contributed by atoms with E-state index in [2.05, 4.69) is 27.9 Å². The van der Waals surface area contributed by atoms with Gasteiger partial charge in [0, 0.05) is 37.0 Å². The number of carbonyl (C=O) groups excluding carboxylic acids is 1. The predicted octanol–water partition coefficient (Wildman–Crippen LogP) is 3.59. The first-order chi connectivity index (χ1) is 14.1. The van der Waals surface area contributed by atoms with Crippen molar-refractivity contribution in [3.05, 3.63) is 81.7 Å². The van der Waals surface area contributed by atoms with Gasteiger partial charge < -0.3 is 10.6 Å². The Morgan fingerprint density at radius 2 is 1.90 bits per heavy atom. The molecule has 1 aromatic heterocycles. The number of nitrogens with one attached hydrogen (secondary N) is 2. The smallest absolute Gasteiger partial charge is 0.272 e. The van der Waals surface area contributed by atoms with Crippen LogP contribution in [0, 0.1) is 11.6 Å². The summed E-state index contributed by atoms with van der Waals surface area (Å²) >= 11 is 0. The van der Waals surface area contributed by atoms with Gasteiger partial charge in [0.15, 0.2) is 17.3 Å². The summed E-state index contributed by atoms with van der Waals surface area (Å²) in [6.45, 7) is 2.15. The van der Waals surface area contributed by atoms with E-state index in [1.165, 1.54) is 17.2 Å².